The van der Waals surface area contributed by atoms with Gasteiger partial charge in [0.15, 0.2) is 5.78 Å². The number of hydrogen-bond acceptors (Lipinski definition) is 2. The third-order valence-electron chi connectivity index (χ3n) is 2.50. The molecule has 82 valence electrons. The Balaban J connectivity index is 3.01. The number of hydrogen-bond donors (Lipinski definition) is 0. The summed E-state index contributed by atoms with van der Waals surface area (Å²) in [6.07, 6.45) is 0.858. The van der Waals surface area contributed by atoms with E-state index in [1.165, 1.54) is 0 Å². The molecule has 0 saturated carbocycles. The molecule has 1 unspecified atom stereocenters. The number of rotatable bonds is 4. The van der Waals surface area contributed by atoms with E-state index in [4.69, 9.17) is 4.74 Å². The summed E-state index contributed by atoms with van der Waals surface area (Å²) in [4.78, 5) is 11.9. The summed E-state index contributed by atoms with van der Waals surface area (Å²) in [5, 5.41) is 0. The molecule has 0 radical (unpaired) electrons. The third-order valence-corrected chi connectivity index (χ3v) is 3.15. The van der Waals surface area contributed by atoms with Crippen molar-refractivity contribution in [2.24, 2.45) is 5.92 Å². The van der Waals surface area contributed by atoms with E-state index in [0.717, 1.165) is 10.9 Å². The van der Waals surface area contributed by atoms with Crippen molar-refractivity contribution in [1.29, 1.82) is 0 Å². The van der Waals surface area contributed by atoms with E-state index in [-0.39, 0.29) is 11.7 Å². The van der Waals surface area contributed by atoms with Crippen molar-refractivity contribution in [3.05, 3.63) is 28.2 Å². The number of halogens is 1. The van der Waals surface area contributed by atoms with Gasteiger partial charge in [-0.15, -0.1) is 0 Å². The molecule has 0 saturated heterocycles. The zero-order valence-electron chi connectivity index (χ0n) is 9.21. The minimum atomic E-state index is 0.0656. The molecule has 15 heavy (non-hydrogen) atoms. The van der Waals surface area contributed by atoms with E-state index in [9.17, 15) is 4.79 Å². The van der Waals surface area contributed by atoms with Gasteiger partial charge in [0, 0.05) is 11.5 Å². The Kier molecular flexibility index (Phi) is 4.33. The Morgan fingerprint density at radius 2 is 2.20 bits per heavy atom. The number of Topliss-reactive ketones (excluding diaryl/α,β-unsaturated/α-hetero) is 1. The highest BCUT2D eigenvalue weighted by molar-refractivity contribution is 9.10. The van der Waals surface area contributed by atoms with Crippen LogP contribution < -0.4 is 4.74 Å². The van der Waals surface area contributed by atoms with Crippen molar-refractivity contribution in [3.63, 3.8) is 0 Å². The Morgan fingerprint density at radius 1 is 1.53 bits per heavy atom. The highest BCUT2D eigenvalue weighted by Crippen LogP contribution is 2.26. The first-order valence-electron chi connectivity index (χ1n) is 4.97. The zero-order chi connectivity index (χ0) is 11.4. The number of ketones is 1. The molecule has 0 aliphatic heterocycles. The zero-order valence-corrected chi connectivity index (χ0v) is 10.8. The molecule has 0 aromatic heterocycles. The monoisotopic (exact) mass is 270 g/mol. The van der Waals surface area contributed by atoms with Crippen LogP contribution in [0.15, 0.2) is 22.7 Å². The van der Waals surface area contributed by atoms with Crippen LogP contribution in [0.5, 0.6) is 5.75 Å². The van der Waals surface area contributed by atoms with Crippen molar-refractivity contribution in [1.82, 2.24) is 0 Å². The fraction of sp³-hybridized carbons (Fsp3) is 0.417. The summed E-state index contributed by atoms with van der Waals surface area (Å²) in [6.45, 7) is 3.95. The number of ether oxygens (including phenoxy) is 1. The van der Waals surface area contributed by atoms with Gasteiger partial charge in [-0.3, -0.25) is 4.79 Å². The summed E-state index contributed by atoms with van der Waals surface area (Å²) >= 11 is 3.36. The molecular weight excluding hydrogens is 256 g/mol. The molecule has 0 aliphatic carbocycles. The molecule has 0 fully saturated rings. The summed E-state index contributed by atoms with van der Waals surface area (Å²) in [5.74, 6) is 0.934. The van der Waals surface area contributed by atoms with Gasteiger partial charge in [-0.05, 0) is 34.5 Å². The van der Waals surface area contributed by atoms with Crippen LogP contribution in [-0.4, -0.2) is 12.9 Å². The fourth-order valence-corrected chi connectivity index (χ4v) is 1.69. The minimum Gasteiger partial charge on any atom is -0.496 e. The van der Waals surface area contributed by atoms with Crippen LogP contribution in [0.2, 0.25) is 0 Å². The molecule has 1 aromatic rings. The molecule has 0 spiro atoms. The van der Waals surface area contributed by atoms with Gasteiger partial charge in [0.2, 0.25) is 0 Å². The van der Waals surface area contributed by atoms with E-state index in [1.807, 2.05) is 26.0 Å². The number of carbonyl (C=O) groups is 1. The van der Waals surface area contributed by atoms with Crippen molar-refractivity contribution in [2.75, 3.05) is 7.11 Å². The Labute approximate surface area is 98.8 Å². The van der Waals surface area contributed by atoms with E-state index in [0.29, 0.717) is 11.3 Å². The lowest BCUT2D eigenvalue weighted by atomic mass is 9.97. The summed E-state index contributed by atoms with van der Waals surface area (Å²) in [5.41, 5.74) is 0.712. The Bertz CT molecular complexity index is 361. The minimum absolute atomic E-state index is 0.0656. The maximum Gasteiger partial charge on any atom is 0.165 e. The Morgan fingerprint density at radius 3 is 2.73 bits per heavy atom. The standard InChI is InChI=1S/C12H15BrO2/c1-4-8(2)12(14)9-5-6-10(13)11(7-9)15-3/h5-8H,4H2,1-3H3. The van der Waals surface area contributed by atoms with Crippen molar-refractivity contribution >= 4 is 21.7 Å². The molecule has 1 aromatic carbocycles. The van der Waals surface area contributed by atoms with Crippen LogP contribution in [0.4, 0.5) is 0 Å². The van der Waals surface area contributed by atoms with Crippen molar-refractivity contribution < 1.29 is 9.53 Å². The molecule has 0 N–H and O–H groups in total. The summed E-state index contributed by atoms with van der Waals surface area (Å²) < 4.78 is 6.02. The van der Waals surface area contributed by atoms with E-state index in [2.05, 4.69) is 15.9 Å². The average Bonchev–Trinajstić information content (AvgIpc) is 2.27. The number of benzene rings is 1. The van der Waals surface area contributed by atoms with Crippen molar-refractivity contribution in [2.45, 2.75) is 20.3 Å². The van der Waals surface area contributed by atoms with Crippen LogP contribution in [0.1, 0.15) is 30.6 Å². The highest BCUT2D eigenvalue weighted by Gasteiger charge is 2.14. The molecule has 2 nitrogen and oxygen atoms in total. The van der Waals surface area contributed by atoms with Crippen LogP contribution in [0.25, 0.3) is 0 Å². The van der Waals surface area contributed by atoms with Crippen molar-refractivity contribution in [3.8, 4) is 5.75 Å². The van der Waals surface area contributed by atoms with Crippen LogP contribution in [0, 0.1) is 5.92 Å². The first kappa shape index (κ1) is 12.2. The average molecular weight is 271 g/mol. The largest absolute Gasteiger partial charge is 0.496 e. The second-order valence-electron chi connectivity index (χ2n) is 3.52. The van der Waals surface area contributed by atoms with Crippen LogP contribution in [-0.2, 0) is 0 Å². The lowest BCUT2D eigenvalue weighted by Crippen LogP contribution is -2.10. The van der Waals surface area contributed by atoms with Gasteiger partial charge in [-0.1, -0.05) is 19.9 Å². The smallest absolute Gasteiger partial charge is 0.165 e. The normalized spacial score (nSPS) is 12.3. The van der Waals surface area contributed by atoms with Gasteiger partial charge in [0.05, 0.1) is 11.6 Å². The second kappa shape index (κ2) is 5.31. The van der Waals surface area contributed by atoms with Gasteiger partial charge in [0.25, 0.3) is 0 Å². The lowest BCUT2D eigenvalue weighted by molar-refractivity contribution is 0.0927. The first-order chi connectivity index (χ1) is 7.10. The number of methoxy groups -OCH3 is 1. The third kappa shape index (κ3) is 2.81. The van der Waals surface area contributed by atoms with E-state index in [1.54, 1.807) is 13.2 Å². The molecule has 0 amide bonds. The molecule has 0 heterocycles. The van der Waals surface area contributed by atoms with Gasteiger partial charge in [0.1, 0.15) is 5.75 Å². The SMILES string of the molecule is CCC(C)C(=O)c1ccc(Br)c(OC)c1. The maximum absolute atomic E-state index is 11.9. The van der Waals surface area contributed by atoms with Gasteiger partial charge >= 0.3 is 0 Å². The van der Waals surface area contributed by atoms with Crippen LogP contribution >= 0.6 is 15.9 Å². The number of carbonyl (C=O) groups excluding carboxylic acids is 1. The van der Waals surface area contributed by atoms with Crippen LogP contribution in [0.3, 0.4) is 0 Å². The molecule has 1 rings (SSSR count). The topological polar surface area (TPSA) is 26.3 Å². The van der Waals surface area contributed by atoms with Gasteiger partial charge in [-0.25, -0.2) is 0 Å². The quantitative estimate of drug-likeness (QED) is 0.781. The molecule has 0 aliphatic rings. The highest BCUT2D eigenvalue weighted by atomic mass is 79.9. The van der Waals surface area contributed by atoms with Gasteiger partial charge < -0.3 is 4.74 Å². The molecule has 3 heteroatoms. The molecular formula is C12H15BrO2. The van der Waals surface area contributed by atoms with Gasteiger partial charge in [-0.2, -0.15) is 0 Å². The maximum atomic E-state index is 11.9. The second-order valence-corrected chi connectivity index (χ2v) is 4.38. The Hall–Kier alpha value is -0.830. The predicted octanol–water partition coefficient (Wildman–Crippen LogP) is 3.69. The predicted molar refractivity (Wildman–Crippen MR) is 64.5 cm³/mol. The lowest BCUT2D eigenvalue weighted by Gasteiger charge is -2.09. The summed E-state index contributed by atoms with van der Waals surface area (Å²) in [7, 11) is 1.59. The molecule has 0 bridgehead atoms. The van der Waals surface area contributed by atoms with E-state index < -0.39 is 0 Å². The fourth-order valence-electron chi connectivity index (χ4n) is 1.28. The van der Waals surface area contributed by atoms with E-state index >= 15 is 0 Å². The molecule has 1 atom stereocenters. The summed E-state index contributed by atoms with van der Waals surface area (Å²) in [6, 6.07) is 5.44. The first-order valence-corrected chi connectivity index (χ1v) is 5.77.